The van der Waals surface area contributed by atoms with Crippen LogP contribution >= 0.6 is 11.3 Å². The Hall–Kier alpha value is -3.20. The summed E-state index contributed by atoms with van der Waals surface area (Å²) in [5.74, 6) is -0.122. The van der Waals surface area contributed by atoms with E-state index in [0.29, 0.717) is 25.4 Å². The Morgan fingerprint density at radius 1 is 1.30 bits per heavy atom. The predicted molar refractivity (Wildman–Crippen MR) is 114 cm³/mol. The van der Waals surface area contributed by atoms with Crippen molar-refractivity contribution in [2.75, 3.05) is 19.7 Å². The number of nitrogens with zero attached hydrogens (tertiary/aromatic N) is 4. The molecule has 1 fully saturated rings. The van der Waals surface area contributed by atoms with Crippen LogP contribution in [0.2, 0.25) is 0 Å². The molecule has 0 aliphatic carbocycles. The van der Waals surface area contributed by atoms with E-state index in [1.54, 1.807) is 28.1 Å². The molecule has 1 atom stereocenters. The van der Waals surface area contributed by atoms with Crippen LogP contribution in [0.1, 0.15) is 30.3 Å². The van der Waals surface area contributed by atoms with Crippen molar-refractivity contribution in [1.29, 1.82) is 0 Å². The molecule has 156 valence electrons. The van der Waals surface area contributed by atoms with Gasteiger partial charge < -0.3 is 15.0 Å². The molecule has 1 aromatic carbocycles. The van der Waals surface area contributed by atoms with Crippen LogP contribution in [0.5, 0.6) is 0 Å². The van der Waals surface area contributed by atoms with Gasteiger partial charge in [0.1, 0.15) is 10.7 Å². The summed E-state index contributed by atoms with van der Waals surface area (Å²) in [5, 5.41) is 9.74. The molecule has 0 bridgehead atoms. The molecule has 0 spiro atoms. The zero-order valence-corrected chi connectivity index (χ0v) is 17.5. The van der Waals surface area contributed by atoms with E-state index in [-0.39, 0.29) is 11.9 Å². The van der Waals surface area contributed by atoms with E-state index in [4.69, 9.17) is 4.74 Å². The molecule has 4 rings (SSSR count). The number of nitrogens with one attached hydrogen (secondary N) is 1. The quantitative estimate of drug-likeness (QED) is 0.677. The van der Waals surface area contributed by atoms with Crippen molar-refractivity contribution < 1.29 is 14.3 Å². The summed E-state index contributed by atoms with van der Waals surface area (Å²) in [6.45, 7) is 3.19. The summed E-state index contributed by atoms with van der Waals surface area (Å²) in [4.78, 5) is 30.9. The summed E-state index contributed by atoms with van der Waals surface area (Å²) < 4.78 is 6.73. The monoisotopic (exact) mass is 425 g/mol. The number of carbonyl (C=O) groups excluding carboxylic acids is 2. The highest BCUT2D eigenvalue weighted by Crippen LogP contribution is 2.25. The molecule has 1 N–H and O–H groups in total. The first-order valence-electron chi connectivity index (χ1n) is 9.92. The molecule has 0 saturated carbocycles. The van der Waals surface area contributed by atoms with E-state index in [1.165, 1.54) is 11.3 Å². The fraction of sp³-hybridized carbons (Fsp3) is 0.333. The average Bonchev–Trinajstić information content (AvgIpc) is 3.44. The Kier molecular flexibility index (Phi) is 6.08. The molecule has 8 nitrogen and oxygen atoms in total. The van der Waals surface area contributed by atoms with Crippen molar-refractivity contribution in [3.63, 3.8) is 0 Å². The van der Waals surface area contributed by atoms with Crippen LogP contribution in [0.4, 0.5) is 4.79 Å². The molecule has 30 heavy (non-hydrogen) atoms. The molecule has 3 aromatic rings. The highest BCUT2D eigenvalue weighted by atomic mass is 32.1. The summed E-state index contributed by atoms with van der Waals surface area (Å²) in [6.07, 6.45) is 4.86. The number of likely N-dealkylation sites (tertiary alicyclic amines) is 1. The Balaban J connectivity index is 1.43. The lowest BCUT2D eigenvalue weighted by molar-refractivity contribution is 0.0681. The summed E-state index contributed by atoms with van der Waals surface area (Å²) >= 11 is 1.42. The predicted octanol–water partition coefficient (Wildman–Crippen LogP) is 3.35. The maximum atomic E-state index is 12.9. The number of hydrogen-bond acceptors (Lipinski definition) is 6. The van der Waals surface area contributed by atoms with Crippen molar-refractivity contribution in [1.82, 2.24) is 25.0 Å². The van der Waals surface area contributed by atoms with Crippen LogP contribution in [0, 0.1) is 0 Å². The van der Waals surface area contributed by atoms with Gasteiger partial charge in [-0.05, 0) is 31.9 Å². The van der Waals surface area contributed by atoms with Crippen LogP contribution in [0.3, 0.4) is 0 Å². The maximum Gasteiger partial charge on any atom is 0.407 e. The molecule has 1 aliphatic heterocycles. The molecule has 1 saturated heterocycles. The minimum Gasteiger partial charge on any atom is -0.450 e. The number of rotatable bonds is 5. The number of ether oxygens (including phenoxy) is 1. The number of benzene rings is 1. The van der Waals surface area contributed by atoms with E-state index in [0.717, 1.165) is 29.1 Å². The SMILES string of the molecule is CCOC(=O)NC1CCCN(C(=O)c2csc(-c3cnn(-c4ccccc4)c3)n2)C1. The Bertz CT molecular complexity index is 1020. The maximum absolute atomic E-state index is 12.9. The number of aromatic nitrogens is 3. The molecule has 1 unspecified atom stereocenters. The third-order valence-electron chi connectivity index (χ3n) is 4.88. The van der Waals surface area contributed by atoms with Gasteiger partial charge in [0.2, 0.25) is 0 Å². The van der Waals surface area contributed by atoms with Gasteiger partial charge in [0.15, 0.2) is 0 Å². The summed E-state index contributed by atoms with van der Waals surface area (Å²) in [6, 6.07) is 9.72. The first-order chi connectivity index (χ1) is 14.6. The lowest BCUT2D eigenvalue weighted by Crippen LogP contribution is -2.49. The van der Waals surface area contributed by atoms with Crippen molar-refractivity contribution in [2.24, 2.45) is 0 Å². The van der Waals surface area contributed by atoms with Gasteiger partial charge in [0.25, 0.3) is 5.91 Å². The molecular formula is C21H23N5O3S. The molecule has 9 heteroatoms. The normalized spacial score (nSPS) is 16.3. The third kappa shape index (κ3) is 4.51. The number of amides is 2. The number of piperidine rings is 1. The standard InChI is InChI=1S/C21H23N5O3S/c1-2-29-21(28)23-16-7-6-10-25(13-16)20(27)18-14-30-19(24-18)15-11-22-26(12-15)17-8-4-3-5-9-17/h3-5,8-9,11-12,14,16H,2,6-7,10,13H2,1H3,(H,23,28). The van der Waals surface area contributed by atoms with E-state index < -0.39 is 6.09 Å². The summed E-state index contributed by atoms with van der Waals surface area (Å²) in [7, 11) is 0. The van der Waals surface area contributed by atoms with Crippen LogP contribution in [0.15, 0.2) is 48.1 Å². The largest absolute Gasteiger partial charge is 0.450 e. The second-order valence-corrected chi connectivity index (χ2v) is 7.86. The fourth-order valence-corrected chi connectivity index (χ4v) is 4.21. The molecule has 1 aliphatic rings. The van der Waals surface area contributed by atoms with Gasteiger partial charge in [-0.3, -0.25) is 4.79 Å². The van der Waals surface area contributed by atoms with Crippen LogP contribution < -0.4 is 5.32 Å². The second kappa shape index (κ2) is 9.08. The molecule has 2 aromatic heterocycles. The van der Waals surface area contributed by atoms with Gasteiger partial charge in [-0.1, -0.05) is 18.2 Å². The molecule has 0 radical (unpaired) electrons. The lowest BCUT2D eigenvalue weighted by Gasteiger charge is -2.32. The van der Waals surface area contributed by atoms with Gasteiger partial charge in [0, 0.05) is 36.3 Å². The molecule has 3 heterocycles. The van der Waals surface area contributed by atoms with E-state index in [9.17, 15) is 9.59 Å². The first kappa shape index (κ1) is 20.1. The zero-order chi connectivity index (χ0) is 20.9. The highest BCUT2D eigenvalue weighted by molar-refractivity contribution is 7.13. The van der Waals surface area contributed by atoms with Gasteiger partial charge in [-0.25, -0.2) is 14.5 Å². The van der Waals surface area contributed by atoms with Crippen LogP contribution in [0.25, 0.3) is 16.3 Å². The van der Waals surface area contributed by atoms with E-state index in [2.05, 4.69) is 15.4 Å². The third-order valence-corrected chi connectivity index (χ3v) is 5.77. The topological polar surface area (TPSA) is 89.4 Å². The minimum absolute atomic E-state index is 0.107. The number of carbonyl (C=O) groups is 2. The van der Waals surface area contributed by atoms with Gasteiger partial charge in [0.05, 0.1) is 18.5 Å². The van der Waals surface area contributed by atoms with Gasteiger partial charge in [-0.2, -0.15) is 5.10 Å². The number of hydrogen-bond donors (Lipinski definition) is 1. The second-order valence-electron chi connectivity index (χ2n) is 7.00. The van der Waals surface area contributed by atoms with Crippen molar-refractivity contribution in [3.05, 3.63) is 53.8 Å². The van der Waals surface area contributed by atoms with Crippen molar-refractivity contribution >= 4 is 23.3 Å². The summed E-state index contributed by atoms with van der Waals surface area (Å²) in [5.41, 5.74) is 2.24. The Morgan fingerprint density at radius 3 is 2.93 bits per heavy atom. The van der Waals surface area contributed by atoms with Gasteiger partial charge >= 0.3 is 6.09 Å². The Labute approximate surface area is 178 Å². The van der Waals surface area contributed by atoms with Crippen LogP contribution in [-0.2, 0) is 4.74 Å². The van der Waals surface area contributed by atoms with E-state index >= 15 is 0 Å². The average molecular weight is 426 g/mol. The lowest BCUT2D eigenvalue weighted by atomic mass is 10.1. The smallest absolute Gasteiger partial charge is 0.407 e. The number of thiazole rings is 1. The van der Waals surface area contributed by atoms with Gasteiger partial charge in [-0.15, -0.1) is 11.3 Å². The van der Waals surface area contributed by atoms with Crippen molar-refractivity contribution in [3.8, 4) is 16.3 Å². The fourth-order valence-electron chi connectivity index (χ4n) is 3.44. The number of para-hydroxylation sites is 1. The zero-order valence-electron chi connectivity index (χ0n) is 16.7. The van der Waals surface area contributed by atoms with E-state index in [1.807, 2.05) is 36.5 Å². The van der Waals surface area contributed by atoms with Crippen molar-refractivity contribution in [2.45, 2.75) is 25.8 Å². The molecule has 2 amide bonds. The Morgan fingerprint density at radius 2 is 2.13 bits per heavy atom. The minimum atomic E-state index is -0.442. The van der Waals surface area contributed by atoms with Crippen LogP contribution in [-0.4, -0.2) is 57.4 Å². The molecular weight excluding hydrogens is 402 g/mol. The highest BCUT2D eigenvalue weighted by Gasteiger charge is 2.27. The number of alkyl carbamates (subject to hydrolysis) is 1. The first-order valence-corrected chi connectivity index (χ1v) is 10.8.